The molecule has 0 aromatic rings. The second-order valence-electron chi connectivity index (χ2n) is 5.73. The minimum absolute atomic E-state index is 0. The Kier molecular flexibility index (Phi) is 1.76. The predicted octanol–water partition coefficient (Wildman–Crippen LogP) is 3.38. The Morgan fingerprint density at radius 3 is 1.42 bits per heavy atom. The molecule has 0 aromatic carbocycles. The number of hydrogen-bond donors (Lipinski definition) is 1. The minimum Gasteiger partial charge on any atom is -0.344 e. The Bertz CT molecular complexity index is 150. The molecule has 0 aliphatic heterocycles. The highest BCUT2D eigenvalue weighted by Gasteiger charge is 2.48. The topological polar surface area (TPSA) is 35.0 Å². The van der Waals surface area contributed by atoms with Gasteiger partial charge in [0, 0.05) is 0 Å². The van der Waals surface area contributed by atoms with Gasteiger partial charge in [-0.3, -0.25) is 0 Å². The fourth-order valence-corrected chi connectivity index (χ4v) is 4.54. The molecule has 4 saturated carbocycles. The molecule has 4 aliphatic carbocycles. The highest BCUT2D eigenvalue weighted by Crippen LogP contribution is 2.59. The summed E-state index contributed by atoms with van der Waals surface area (Å²) < 4.78 is 0. The Labute approximate surface area is 75.5 Å². The summed E-state index contributed by atoms with van der Waals surface area (Å²) in [6.07, 6.45) is 9.48. The van der Waals surface area contributed by atoms with E-state index < -0.39 is 0 Å². The van der Waals surface area contributed by atoms with Gasteiger partial charge >= 0.3 is 0 Å². The van der Waals surface area contributed by atoms with Crippen molar-refractivity contribution in [3.05, 3.63) is 0 Å². The summed E-state index contributed by atoms with van der Waals surface area (Å²) in [6, 6.07) is 0. The molecule has 4 fully saturated rings. The van der Waals surface area contributed by atoms with E-state index in [-0.39, 0.29) is 6.15 Å². The van der Waals surface area contributed by atoms with Crippen LogP contribution < -0.4 is 6.15 Å². The minimum atomic E-state index is 0. The zero-order chi connectivity index (χ0) is 7.47. The van der Waals surface area contributed by atoms with Crippen LogP contribution in [0.5, 0.6) is 0 Å². The van der Waals surface area contributed by atoms with Gasteiger partial charge in [0.25, 0.3) is 0 Å². The largest absolute Gasteiger partial charge is 0.344 e. The first-order valence-electron chi connectivity index (χ1n) is 5.23. The Balaban J connectivity index is 0.000000563. The van der Waals surface area contributed by atoms with Crippen LogP contribution in [0, 0.1) is 23.2 Å². The first kappa shape index (κ1) is 8.55. The predicted molar refractivity (Wildman–Crippen MR) is 51.3 cm³/mol. The lowest BCUT2D eigenvalue weighted by Gasteiger charge is -2.55. The van der Waals surface area contributed by atoms with E-state index in [0.717, 1.165) is 23.2 Å². The van der Waals surface area contributed by atoms with Crippen LogP contribution in [0.2, 0.25) is 0 Å². The smallest absolute Gasteiger partial charge is 0.0318 e. The quantitative estimate of drug-likeness (QED) is 0.589. The molecule has 70 valence electrons. The fraction of sp³-hybridized carbons (Fsp3) is 1.00. The molecule has 0 heterocycles. The van der Waals surface area contributed by atoms with Crippen LogP contribution in [-0.2, 0) is 0 Å². The van der Waals surface area contributed by atoms with Gasteiger partial charge in [-0.2, -0.15) is 0 Å². The molecule has 0 spiro atoms. The fourth-order valence-electron chi connectivity index (χ4n) is 4.54. The van der Waals surface area contributed by atoms with E-state index in [4.69, 9.17) is 0 Å². The normalized spacial score (nSPS) is 55.2. The van der Waals surface area contributed by atoms with Crippen molar-refractivity contribution in [2.24, 2.45) is 23.2 Å². The van der Waals surface area contributed by atoms with Crippen LogP contribution in [0.15, 0.2) is 0 Å². The van der Waals surface area contributed by atoms with Crippen LogP contribution in [-0.4, -0.2) is 0 Å². The van der Waals surface area contributed by atoms with E-state index in [1.807, 2.05) is 0 Å². The summed E-state index contributed by atoms with van der Waals surface area (Å²) in [7, 11) is 0. The third kappa shape index (κ3) is 1.10. The van der Waals surface area contributed by atoms with Gasteiger partial charge in [0.15, 0.2) is 0 Å². The lowest BCUT2D eigenvalue weighted by molar-refractivity contribution is -0.0411. The third-order valence-electron chi connectivity index (χ3n) is 4.34. The van der Waals surface area contributed by atoms with Gasteiger partial charge in [-0.15, -0.1) is 0 Å². The zero-order valence-corrected chi connectivity index (χ0v) is 8.18. The first-order valence-corrected chi connectivity index (χ1v) is 5.23. The van der Waals surface area contributed by atoms with Crippen molar-refractivity contribution in [2.45, 2.75) is 45.4 Å². The van der Waals surface area contributed by atoms with Gasteiger partial charge in [-0.25, -0.2) is 0 Å². The highest BCUT2D eigenvalue weighted by atomic mass is 14.5. The molecule has 1 heteroatoms. The van der Waals surface area contributed by atoms with Crippen LogP contribution in [0.3, 0.4) is 0 Å². The van der Waals surface area contributed by atoms with Crippen molar-refractivity contribution in [1.82, 2.24) is 6.15 Å². The summed E-state index contributed by atoms with van der Waals surface area (Å²) in [4.78, 5) is 0. The van der Waals surface area contributed by atoms with Crippen molar-refractivity contribution in [1.29, 1.82) is 0 Å². The molecule has 4 aliphatic rings. The maximum absolute atomic E-state index is 2.54. The monoisotopic (exact) mass is 167 g/mol. The zero-order valence-electron chi connectivity index (χ0n) is 8.18. The van der Waals surface area contributed by atoms with Gasteiger partial charge in [-0.05, 0) is 61.7 Å². The maximum atomic E-state index is 2.54. The molecular formula is C11H21N. The van der Waals surface area contributed by atoms with Crippen molar-refractivity contribution in [3.8, 4) is 0 Å². The van der Waals surface area contributed by atoms with E-state index in [1.54, 1.807) is 38.5 Å². The number of hydrogen-bond acceptors (Lipinski definition) is 1. The van der Waals surface area contributed by atoms with E-state index in [2.05, 4.69) is 6.92 Å². The van der Waals surface area contributed by atoms with Gasteiger partial charge in [0.2, 0.25) is 0 Å². The molecule has 0 amide bonds. The molecule has 4 rings (SSSR count). The average molecular weight is 167 g/mol. The summed E-state index contributed by atoms with van der Waals surface area (Å²) in [6.45, 7) is 2.54. The molecule has 0 aromatic heterocycles. The summed E-state index contributed by atoms with van der Waals surface area (Å²) in [5.74, 6) is 3.43. The Morgan fingerprint density at radius 2 is 1.17 bits per heavy atom. The second-order valence-corrected chi connectivity index (χ2v) is 5.73. The SMILES string of the molecule is CC12CC3CC(CC(C3)C1)C2.N. The summed E-state index contributed by atoms with van der Waals surface area (Å²) in [5.41, 5.74) is 0.800. The molecule has 0 saturated heterocycles. The summed E-state index contributed by atoms with van der Waals surface area (Å²) in [5, 5.41) is 0. The standard InChI is InChI=1S/C11H18.H3N/c1-11-5-8-2-9(6-11)4-10(3-8)7-11;/h8-10H,2-7H2,1H3;1H3. The van der Waals surface area contributed by atoms with Crippen LogP contribution in [0.25, 0.3) is 0 Å². The van der Waals surface area contributed by atoms with Gasteiger partial charge in [0.05, 0.1) is 0 Å². The molecular weight excluding hydrogens is 146 g/mol. The first-order chi connectivity index (χ1) is 5.23. The highest BCUT2D eigenvalue weighted by molar-refractivity contribution is 4.99. The average Bonchev–Trinajstić information content (AvgIpc) is 1.79. The van der Waals surface area contributed by atoms with Crippen LogP contribution >= 0.6 is 0 Å². The van der Waals surface area contributed by atoms with Crippen molar-refractivity contribution in [2.75, 3.05) is 0 Å². The van der Waals surface area contributed by atoms with Crippen LogP contribution in [0.1, 0.15) is 45.4 Å². The maximum Gasteiger partial charge on any atom is -0.0318 e. The lowest BCUT2D eigenvalue weighted by atomic mass is 9.50. The molecule has 0 unspecified atom stereocenters. The second kappa shape index (κ2) is 2.47. The van der Waals surface area contributed by atoms with Crippen molar-refractivity contribution < 1.29 is 0 Å². The van der Waals surface area contributed by atoms with Crippen molar-refractivity contribution >= 4 is 0 Å². The molecule has 12 heavy (non-hydrogen) atoms. The van der Waals surface area contributed by atoms with E-state index in [0.29, 0.717) is 0 Å². The van der Waals surface area contributed by atoms with E-state index in [1.165, 1.54) is 0 Å². The van der Waals surface area contributed by atoms with Crippen LogP contribution in [0.4, 0.5) is 0 Å². The number of rotatable bonds is 0. The van der Waals surface area contributed by atoms with Gasteiger partial charge in [0.1, 0.15) is 0 Å². The van der Waals surface area contributed by atoms with E-state index in [9.17, 15) is 0 Å². The lowest BCUT2D eigenvalue weighted by Crippen LogP contribution is -2.44. The molecule has 3 N–H and O–H groups in total. The molecule has 0 radical (unpaired) electrons. The van der Waals surface area contributed by atoms with E-state index >= 15 is 0 Å². The molecule has 1 nitrogen and oxygen atoms in total. The summed E-state index contributed by atoms with van der Waals surface area (Å²) >= 11 is 0. The van der Waals surface area contributed by atoms with Crippen molar-refractivity contribution in [3.63, 3.8) is 0 Å². The van der Waals surface area contributed by atoms with Gasteiger partial charge < -0.3 is 6.15 Å². The Hall–Kier alpha value is -0.0400. The molecule has 0 atom stereocenters. The Morgan fingerprint density at radius 1 is 0.833 bits per heavy atom. The third-order valence-corrected chi connectivity index (χ3v) is 4.34. The van der Waals surface area contributed by atoms with Gasteiger partial charge in [-0.1, -0.05) is 6.92 Å². The molecule has 4 bridgehead atoms.